The standard InChI is InChI=1S/C33H37NO3S2/c1-32(2,37)28-9-4-3-7-24(28)12-15-30(39-22-33(16-17-33)19-31(35)36)25-8-5-6-23(18-25)10-13-27-14-11-26-20-38-21-29(26)34-27/h3-11,13-14,18,30,37H,12,15-17,19-22H2,1-2H3,(H,35,36)/b13-10+/t30-/m1/s1. The Balaban J connectivity index is 1.35. The molecule has 1 aromatic heterocycles. The second-order valence-electron chi connectivity index (χ2n) is 11.5. The summed E-state index contributed by atoms with van der Waals surface area (Å²) >= 11 is 3.81. The van der Waals surface area contributed by atoms with Crippen molar-refractivity contribution < 1.29 is 15.0 Å². The van der Waals surface area contributed by atoms with Crippen LogP contribution in [0.25, 0.3) is 12.2 Å². The van der Waals surface area contributed by atoms with Gasteiger partial charge in [0.15, 0.2) is 0 Å². The highest BCUT2D eigenvalue weighted by Gasteiger charge is 2.44. The number of pyridine rings is 1. The van der Waals surface area contributed by atoms with Crippen molar-refractivity contribution in [2.45, 2.75) is 68.3 Å². The minimum Gasteiger partial charge on any atom is -0.481 e. The molecule has 1 saturated carbocycles. The summed E-state index contributed by atoms with van der Waals surface area (Å²) in [5, 5.41) is 20.4. The number of benzene rings is 2. The Morgan fingerprint density at radius 1 is 1.10 bits per heavy atom. The SMILES string of the molecule is CC(C)(O)c1ccccc1CC[C@@H](SCC1(CC(=O)O)CC1)c1cccc(/C=C/c2ccc3c(n2)CSC3)c1. The second kappa shape index (κ2) is 11.9. The van der Waals surface area contributed by atoms with Crippen molar-refractivity contribution in [3.05, 3.63) is 99.9 Å². The molecule has 2 heterocycles. The Kier molecular flexibility index (Phi) is 8.55. The molecular formula is C33H37NO3S2. The van der Waals surface area contributed by atoms with Crippen LogP contribution in [0.1, 0.15) is 84.0 Å². The van der Waals surface area contributed by atoms with Crippen LogP contribution in [0.5, 0.6) is 0 Å². The molecule has 1 aliphatic carbocycles. The van der Waals surface area contributed by atoms with Crippen molar-refractivity contribution in [3.63, 3.8) is 0 Å². The van der Waals surface area contributed by atoms with Gasteiger partial charge in [-0.3, -0.25) is 9.78 Å². The third-order valence-electron chi connectivity index (χ3n) is 7.74. The molecule has 204 valence electrons. The lowest BCUT2D eigenvalue weighted by atomic mass is 9.90. The predicted molar refractivity (Wildman–Crippen MR) is 164 cm³/mol. The van der Waals surface area contributed by atoms with Crippen molar-refractivity contribution >= 4 is 41.6 Å². The predicted octanol–water partition coefficient (Wildman–Crippen LogP) is 7.89. The van der Waals surface area contributed by atoms with Crippen LogP contribution in [0.3, 0.4) is 0 Å². The zero-order valence-corrected chi connectivity index (χ0v) is 24.4. The van der Waals surface area contributed by atoms with Crippen molar-refractivity contribution in [3.8, 4) is 0 Å². The molecule has 0 spiro atoms. The molecule has 5 rings (SSSR count). The highest BCUT2D eigenvalue weighted by molar-refractivity contribution is 7.99. The number of carboxylic acid groups (broad SMARTS) is 1. The van der Waals surface area contributed by atoms with E-state index in [1.165, 1.54) is 22.4 Å². The number of aromatic nitrogens is 1. The van der Waals surface area contributed by atoms with E-state index in [1.54, 1.807) is 0 Å². The number of aliphatic carboxylic acids is 1. The topological polar surface area (TPSA) is 70.4 Å². The molecule has 2 aliphatic rings. The number of fused-ring (bicyclic) bond motifs is 1. The van der Waals surface area contributed by atoms with Crippen LogP contribution in [0.15, 0.2) is 60.7 Å². The fraction of sp³-hybridized carbons (Fsp3) is 0.394. The Morgan fingerprint density at radius 3 is 2.69 bits per heavy atom. The highest BCUT2D eigenvalue weighted by Crippen LogP contribution is 2.53. The summed E-state index contributed by atoms with van der Waals surface area (Å²) in [5.74, 6) is 2.20. The van der Waals surface area contributed by atoms with Gasteiger partial charge in [0.05, 0.1) is 23.4 Å². The maximum absolute atomic E-state index is 11.5. The number of nitrogens with zero attached hydrogens (tertiary/aromatic N) is 1. The van der Waals surface area contributed by atoms with Crippen molar-refractivity contribution in [2.24, 2.45) is 5.41 Å². The number of rotatable bonds is 12. The quantitative estimate of drug-likeness (QED) is 0.235. The van der Waals surface area contributed by atoms with E-state index < -0.39 is 11.6 Å². The van der Waals surface area contributed by atoms with Crippen LogP contribution in [-0.2, 0) is 28.3 Å². The molecule has 2 aromatic carbocycles. The first-order valence-corrected chi connectivity index (χ1v) is 15.9. The van der Waals surface area contributed by atoms with E-state index in [9.17, 15) is 15.0 Å². The van der Waals surface area contributed by atoms with Crippen LogP contribution < -0.4 is 0 Å². The third-order valence-corrected chi connectivity index (χ3v) is 10.4. The van der Waals surface area contributed by atoms with Crippen LogP contribution in [0.2, 0.25) is 0 Å². The zero-order chi connectivity index (χ0) is 27.5. The lowest BCUT2D eigenvalue weighted by Gasteiger charge is -2.24. The second-order valence-corrected chi connectivity index (χ2v) is 13.6. The largest absolute Gasteiger partial charge is 0.481 e. The summed E-state index contributed by atoms with van der Waals surface area (Å²) in [6, 6.07) is 21.1. The van der Waals surface area contributed by atoms with E-state index in [-0.39, 0.29) is 17.1 Å². The zero-order valence-electron chi connectivity index (χ0n) is 22.7. The number of aliphatic hydroxyl groups is 1. The molecule has 0 saturated heterocycles. The van der Waals surface area contributed by atoms with Gasteiger partial charge in [-0.25, -0.2) is 0 Å². The minimum atomic E-state index is -0.895. The van der Waals surface area contributed by atoms with E-state index in [0.29, 0.717) is 0 Å². The normalized spacial score (nSPS) is 16.8. The average molecular weight is 560 g/mol. The molecule has 1 aliphatic heterocycles. The summed E-state index contributed by atoms with van der Waals surface area (Å²) in [6.07, 6.45) is 8.24. The number of carbonyl (C=O) groups is 1. The van der Waals surface area contributed by atoms with Gasteiger partial charge in [0.1, 0.15) is 0 Å². The van der Waals surface area contributed by atoms with Crippen molar-refractivity contribution in [1.29, 1.82) is 0 Å². The monoisotopic (exact) mass is 559 g/mol. The summed E-state index contributed by atoms with van der Waals surface area (Å²) in [4.78, 5) is 16.3. The smallest absolute Gasteiger partial charge is 0.303 e. The van der Waals surface area contributed by atoms with Gasteiger partial charge in [-0.05, 0) is 84.9 Å². The lowest BCUT2D eigenvalue weighted by molar-refractivity contribution is -0.138. The van der Waals surface area contributed by atoms with Gasteiger partial charge >= 0.3 is 5.97 Å². The van der Waals surface area contributed by atoms with Gasteiger partial charge in [0.25, 0.3) is 0 Å². The molecule has 6 heteroatoms. The molecule has 4 nitrogen and oxygen atoms in total. The highest BCUT2D eigenvalue weighted by atomic mass is 32.2. The third kappa shape index (κ3) is 7.36. The number of hydrogen-bond donors (Lipinski definition) is 2. The molecule has 1 atom stereocenters. The maximum atomic E-state index is 11.5. The van der Waals surface area contributed by atoms with E-state index >= 15 is 0 Å². The van der Waals surface area contributed by atoms with E-state index in [0.717, 1.165) is 59.8 Å². The summed E-state index contributed by atoms with van der Waals surface area (Å²) in [5.41, 5.74) is 7.11. The molecular weight excluding hydrogens is 523 g/mol. The summed E-state index contributed by atoms with van der Waals surface area (Å²) < 4.78 is 0. The Bertz CT molecular complexity index is 1360. The molecule has 0 radical (unpaired) electrons. The summed E-state index contributed by atoms with van der Waals surface area (Å²) in [7, 11) is 0. The van der Waals surface area contributed by atoms with Crippen molar-refractivity contribution in [1.82, 2.24) is 4.98 Å². The first-order valence-electron chi connectivity index (χ1n) is 13.7. The Hall–Kier alpha value is -2.54. The number of thioether (sulfide) groups is 2. The fourth-order valence-corrected chi connectivity index (χ4v) is 7.91. The molecule has 39 heavy (non-hydrogen) atoms. The van der Waals surface area contributed by atoms with E-state index in [1.807, 2.05) is 55.6 Å². The lowest BCUT2D eigenvalue weighted by Crippen LogP contribution is -2.18. The number of carboxylic acids is 1. The van der Waals surface area contributed by atoms with Crippen LogP contribution in [0, 0.1) is 5.41 Å². The van der Waals surface area contributed by atoms with Gasteiger partial charge in [-0.15, -0.1) is 0 Å². The molecule has 3 aromatic rings. The molecule has 1 fully saturated rings. The number of aryl methyl sites for hydroxylation is 1. The molecule has 0 unspecified atom stereocenters. The molecule has 2 N–H and O–H groups in total. The molecule has 0 amide bonds. The van der Waals surface area contributed by atoms with Crippen LogP contribution in [0.4, 0.5) is 0 Å². The molecule has 0 bridgehead atoms. The summed E-state index contributed by atoms with van der Waals surface area (Å²) in [6.45, 7) is 3.68. The first-order chi connectivity index (χ1) is 18.7. The minimum absolute atomic E-state index is 0.0607. The first kappa shape index (κ1) is 28.0. The van der Waals surface area contributed by atoms with Gasteiger partial charge < -0.3 is 10.2 Å². The van der Waals surface area contributed by atoms with Gasteiger partial charge in [0, 0.05) is 22.5 Å². The Morgan fingerprint density at radius 2 is 1.92 bits per heavy atom. The van der Waals surface area contributed by atoms with E-state index in [4.69, 9.17) is 4.98 Å². The number of hydrogen-bond acceptors (Lipinski definition) is 5. The van der Waals surface area contributed by atoms with Gasteiger partial charge in [-0.2, -0.15) is 23.5 Å². The van der Waals surface area contributed by atoms with Gasteiger partial charge in [-0.1, -0.05) is 60.7 Å². The average Bonchev–Trinajstić information content (AvgIpc) is 3.49. The fourth-order valence-electron chi connectivity index (χ4n) is 5.31. The van der Waals surface area contributed by atoms with Crippen LogP contribution in [-0.4, -0.2) is 26.9 Å². The Labute approximate surface area is 240 Å². The van der Waals surface area contributed by atoms with Crippen LogP contribution >= 0.6 is 23.5 Å². The maximum Gasteiger partial charge on any atom is 0.303 e. The van der Waals surface area contributed by atoms with Gasteiger partial charge in [0.2, 0.25) is 0 Å². The van der Waals surface area contributed by atoms with E-state index in [2.05, 4.69) is 54.6 Å². The van der Waals surface area contributed by atoms with Crippen molar-refractivity contribution in [2.75, 3.05) is 5.75 Å².